The second kappa shape index (κ2) is 11.6. The molecule has 0 amide bonds. The van der Waals surface area contributed by atoms with Gasteiger partial charge in [0.1, 0.15) is 5.75 Å². The summed E-state index contributed by atoms with van der Waals surface area (Å²) in [6.07, 6.45) is 0.0211. The van der Waals surface area contributed by atoms with Gasteiger partial charge in [0.25, 0.3) is 0 Å². The number of ether oxygens (including phenoxy) is 7. The lowest BCUT2D eigenvalue weighted by Gasteiger charge is -2.19. The van der Waals surface area contributed by atoms with Gasteiger partial charge in [-0.15, -0.1) is 0 Å². The third kappa shape index (κ3) is 5.08. The summed E-state index contributed by atoms with van der Waals surface area (Å²) in [5, 5.41) is 0. The van der Waals surface area contributed by atoms with Crippen LogP contribution in [0.25, 0.3) is 5.57 Å². The SMILES string of the molecule is COC(=O)/C(=C(/Cc1ccc(OC)c(OC)c1OC)C(=O)c1ccc(OC)cc1)c1ccc2c(c1)OCO2. The Balaban J connectivity index is 1.95. The van der Waals surface area contributed by atoms with Crippen LogP contribution in [0, 0.1) is 0 Å². The van der Waals surface area contributed by atoms with E-state index < -0.39 is 5.97 Å². The third-order valence-corrected chi connectivity index (χ3v) is 6.13. The molecular weight excluding hydrogens is 492 g/mol. The van der Waals surface area contributed by atoms with Gasteiger partial charge in [-0.1, -0.05) is 12.1 Å². The number of carbonyl (C=O) groups excluding carboxylic acids is 2. The zero-order chi connectivity index (χ0) is 27.2. The Morgan fingerprint density at radius 2 is 1.42 bits per heavy atom. The second-order valence-corrected chi connectivity index (χ2v) is 8.14. The number of carbonyl (C=O) groups is 2. The highest BCUT2D eigenvalue weighted by Crippen LogP contribution is 2.42. The van der Waals surface area contributed by atoms with E-state index in [1.54, 1.807) is 61.7 Å². The minimum Gasteiger partial charge on any atom is -0.497 e. The Bertz CT molecular complexity index is 1370. The largest absolute Gasteiger partial charge is 0.497 e. The lowest BCUT2D eigenvalue weighted by Crippen LogP contribution is -2.16. The quantitative estimate of drug-likeness (QED) is 0.217. The fourth-order valence-corrected chi connectivity index (χ4v) is 4.26. The molecule has 198 valence electrons. The highest BCUT2D eigenvalue weighted by molar-refractivity contribution is 6.27. The molecule has 9 heteroatoms. The van der Waals surface area contributed by atoms with Crippen LogP contribution >= 0.6 is 0 Å². The number of benzene rings is 3. The Labute approximate surface area is 220 Å². The standard InChI is InChI=1S/C29H28O9/c1-32-20-10-6-17(7-11-20)26(30)21(14-19-9-13-23(33-2)28(35-4)27(19)34-3)25(29(31)36-5)18-8-12-22-24(15-18)38-16-37-22/h6-13,15H,14,16H2,1-5H3/b25-21-. The first-order valence-corrected chi connectivity index (χ1v) is 11.6. The van der Waals surface area contributed by atoms with Crippen molar-refractivity contribution in [1.29, 1.82) is 0 Å². The molecule has 3 aromatic rings. The smallest absolute Gasteiger partial charge is 0.338 e. The van der Waals surface area contributed by atoms with E-state index >= 15 is 0 Å². The summed E-state index contributed by atoms with van der Waals surface area (Å²) in [4.78, 5) is 27.3. The van der Waals surface area contributed by atoms with Crippen LogP contribution in [-0.4, -0.2) is 54.1 Å². The third-order valence-electron chi connectivity index (χ3n) is 6.13. The Morgan fingerprint density at radius 1 is 0.737 bits per heavy atom. The molecule has 1 aliphatic heterocycles. The van der Waals surface area contributed by atoms with Gasteiger partial charge in [-0.2, -0.15) is 0 Å². The minimum atomic E-state index is -0.680. The highest BCUT2D eigenvalue weighted by Gasteiger charge is 2.28. The van der Waals surface area contributed by atoms with Crippen LogP contribution in [0.3, 0.4) is 0 Å². The molecule has 0 radical (unpaired) electrons. The fourth-order valence-electron chi connectivity index (χ4n) is 4.26. The van der Waals surface area contributed by atoms with Crippen LogP contribution in [-0.2, 0) is 16.0 Å². The Morgan fingerprint density at radius 3 is 2.05 bits per heavy atom. The van der Waals surface area contributed by atoms with Crippen molar-refractivity contribution in [3.8, 4) is 34.5 Å². The molecule has 0 N–H and O–H groups in total. The molecule has 0 aromatic heterocycles. The number of Topliss-reactive ketones (excluding diaryl/α,β-unsaturated/α-hetero) is 1. The molecule has 0 saturated heterocycles. The van der Waals surface area contributed by atoms with Gasteiger partial charge in [0.2, 0.25) is 12.5 Å². The average molecular weight is 521 g/mol. The van der Waals surface area contributed by atoms with Crippen LogP contribution in [0.15, 0.2) is 60.2 Å². The van der Waals surface area contributed by atoms with Crippen molar-refractivity contribution in [2.45, 2.75) is 6.42 Å². The second-order valence-electron chi connectivity index (χ2n) is 8.14. The van der Waals surface area contributed by atoms with Gasteiger partial charge in [-0.25, -0.2) is 4.79 Å². The average Bonchev–Trinajstić information content (AvgIpc) is 3.44. The number of ketones is 1. The van der Waals surface area contributed by atoms with Crippen molar-refractivity contribution in [1.82, 2.24) is 0 Å². The van der Waals surface area contributed by atoms with E-state index in [0.29, 0.717) is 51.2 Å². The first kappa shape index (κ1) is 26.4. The number of hydrogen-bond acceptors (Lipinski definition) is 9. The molecule has 0 spiro atoms. The van der Waals surface area contributed by atoms with Crippen molar-refractivity contribution >= 4 is 17.3 Å². The van der Waals surface area contributed by atoms with E-state index in [0.717, 1.165) is 0 Å². The lowest BCUT2D eigenvalue weighted by atomic mass is 9.89. The summed E-state index contributed by atoms with van der Waals surface area (Å²) in [5.74, 6) is 1.75. The lowest BCUT2D eigenvalue weighted by molar-refractivity contribution is -0.133. The fraction of sp³-hybridized carbons (Fsp3) is 0.241. The minimum absolute atomic E-state index is 0.0211. The van der Waals surface area contributed by atoms with Crippen molar-refractivity contribution in [3.05, 3.63) is 76.9 Å². The summed E-state index contributed by atoms with van der Waals surface area (Å²) < 4.78 is 37.9. The maximum atomic E-state index is 14.0. The zero-order valence-corrected chi connectivity index (χ0v) is 21.8. The molecule has 1 aliphatic rings. The normalized spacial score (nSPS) is 12.3. The monoisotopic (exact) mass is 520 g/mol. The number of esters is 1. The highest BCUT2D eigenvalue weighted by atomic mass is 16.7. The van der Waals surface area contributed by atoms with E-state index in [9.17, 15) is 9.59 Å². The summed E-state index contributed by atoms with van der Waals surface area (Å²) in [7, 11) is 7.32. The number of methoxy groups -OCH3 is 5. The van der Waals surface area contributed by atoms with Gasteiger partial charge >= 0.3 is 5.97 Å². The van der Waals surface area contributed by atoms with Crippen molar-refractivity contribution in [3.63, 3.8) is 0 Å². The van der Waals surface area contributed by atoms with Gasteiger partial charge in [0, 0.05) is 23.1 Å². The molecule has 9 nitrogen and oxygen atoms in total. The first-order chi connectivity index (χ1) is 18.4. The predicted octanol–water partition coefficient (Wildman–Crippen LogP) is 4.50. The summed E-state index contributed by atoms with van der Waals surface area (Å²) in [6, 6.07) is 15.1. The Hall–Kier alpha value is -4.66. The molecule has 4 rings (SSSR count). The van der Waals surface area contributed by atoms with Crippen LogP contribution in [0.4, 0.5) is 0 Å². The molecule has 1 heterocycles. The number of rotatable bonds is 10. The van der Waals surface area contributed by atoms with Crippen LogP contribution in [0.1, 0.15) is 21.5 Å². The van der Waals surface area contributed by atoms with Crippen molar-refractivity contribution in [2.75, 3.05) is 42.3 Å². The van der Waals surface area contributed by atoms with Crippen LogP contribution in [0.2, 0.25) is 0 Å². The molecule has 38 heavy (non-hydrogen) atoms. The van der Waals surface area contributed by atoms with Gasteiger partial charge in [-0.05, 0) is 48.0 Å². The number of fused-ring (bicyclic) bond motifs is 1. The van der Waals surface area contributed by atoms with E-state index in [-0.39, 0.29) is 30.1 Å². The molecule has 3 aromatic carbocycles. The maximum Gasteiger partial charge on any atom is 0.338 e. The van der Waals surface area contributed by atoms with E-state index in [1.165, 1.54) is 28.4 Å². The summed E-state index contributed by atoms with van der Waals surface area (Å²) >= 11 is 0. The summed E-state index contributed by atoms with van der Waals surface area (Å²) in [6.45, 7) is 0.0660. The van der Waals surface area contributed by atoms with E-state index in [2.05, 4.69) is 0 Å². The van der Waals surface area contributed by atoms with Gasteiger partial charge < -0.3 is 33.2 Å². The van der Waals surface area contributed by atoms with Crippen LogP contribution in [0.5, 0.6) is 34.5 Å². The molecule has 0 bridgehead atoms. The number of hydrogen-bond donors (Lipinski definition) is 0. The molecule has 0 fully saturated rings. The topological polar surface area (TPSA) is 98.8 Å². The van der Waals surface area contributed by atoms with Gasteiger partial charge in [-0.3, -0.25) is 4.79 Å². The predicted molar refractivity (Wildman–Crippen MR) is 139 cm³/mol. The van der Waals surface area contributed by atoms with Gasteiger partial charge in [0.05, 0.1) is 41.1 Å². The Kier molecular flexibility index (Phi) is 8.06. The van der Waals surface area contributed by atoms with E-state index in [1.807, 2.05) is 0 Å². The molecular formula is C29H28O9. The molecule has 0 unspecified atom stereocenters. The maximum absolute atomic E-state index is 14.0. The molecule has 0 atom stereocenters. The van der Waals surface area contributed by atoms with Crippen LogP contribution < -0.4 is 28.4 Å². The molecule has 0 aliphatic carbocycles. The number of allylic oxidation sites excluding steroid dienone is 1. The first-order valence-electron chi connectivity index (χ1n) is 11.6. The summed E-state index contributed by atoms with van der Waals surface area (Å²) in [5.41, 5.74) is 1.68. The van der Waals surface area contributed by atoms with E-state index in [4.69, 9.17) is 33.2 Å². The zero-order valence-electron chi connectivity index (χ0n) is 21.8. The van der Waals surface area contributed by atoms with Crippen molar-refractivity contribution in [2.24, 2.45) is 0 Å². The van der Waals surface area contributed by atoms with Gasteiger partial charge in [0.15, 0.2) is 28.8 Å². The molecule has 0 saturated carbocycles. The van der Waals surface area contributed by atoms with Crippen molar-refractivity contribution < 1.29 is 42.7 Å².